The Morgan fingerprint density at radius 2 is 1.63 bits per heavy atom. The molecule has 2 amide bonds. The number of alkyl carbamates (subject to hydrolysis) is 1. The van der Waals surface area contributed by atoms with Gasteiger partial charge >= 0.3 is 12.1 Å². The van der Waals surface area contributed by atoms with Gasteiger partial charge in [0.2, 0.25) is 5.91 Å². The molecule has 2 aromatic carbocycles. The van der Waals surface area contributed by atoms with Crippen LogP contribution in [-0.4, -0.2) is 42.3 Å². The van der Waals surface area contributed by atoms with Crippen LogP contribution in [0.1, 0.15) is 62.5 Å². The molecule has 7 heteroatoms. The summed E-state index contributed by atoms with van der Waals surface area (Å²) in [5, 5.41) is 14.8. The summed E-state index contributed by atoms with van der Waals surface area (Å²) in [4.78, 5) is 36.2. The smallest absolute Gasteiger partial charge is 0.407 e. The summed E-state index contributed by atoms with van der Waals surface area (Å²) < 4.78 is 5.62. The minimum Gasteiger partial charge on any atom is -0.481 e. The zero-order valence-electron chi connectivity index (χ0n) is 20.2. The maximum Gasteiger partial charge on any atom is 0.407 e. The van der Waals surface area contributed by atoms with Gasteiger partial charge in [0.05, 0.1) is 6.42 Å². The number of carbonyl (C=O) groups excluding carboxylic acids is 2. The number of aliphatic carboxylic acids is 1. The fourth-order valence-electron chi connectivity index (χ4n) is 5.15. The number of fused-ring (bicyclic) bond motifs is 3. The van der Waals surface area contributed by atoms with Gasteiger partial charge < -0.3 is 20.5 Å². The van der Waals surface area contributed by atoms with Gasteiger partial charge in [0.25, 0.3) is 0 Å². The SMILES string of the molecule is CCC[C@@H](CC(=O)O)NC(=O)CC(CNC(=O)OCC1c2ccccc2-c2ccccc21)C1CC1. The number of hydrogen-bond acceptors (Lipinski definition) is 4. The van der Waals surface area contributed by atoms with Crippen LogP contribution in [-0.2, 0) is 14.3 Å². The van der Waals surface area contributed by atoms with E-state index in [1.54, 1.807) is 0 Å². The van der Waals surface area contributed by atoms with E-state index >= 15 is 0 Å². The van der Waals surface area contributed by atoms with E-state index in [2.05, 4.69) is 34.9 Å². The van der Waals surface area contributed by atoms with Crippen LogP contribution in [0.4, 0.5) is 4.79 Å². The summed E-state index contributed by atoms with van der Waals surface area (Å²) in [6.45, 7) is 2.58. The molecule has 1 fully saturated rings. The highest BCUT2D eigenvalue weighted by Crippen LogP contribution is 2.44. The second kappa shape index (κ2) is 11.4. The third kappa shape index (κ3) is 6.41. The van der Waals surface area contributed by atoms with Crippen LogP contribution in [0.25, 0.3) is 11.1 Å². The molecule has 0 radical (unpaired) electrons. The van der Waals surface area contributed by atoms with Gasteiger partial charge in [-0.25, -0.2) is 4.79 Å². The Labute approximate surface area is 206 Å². The highest BCUT2D eigenvalue weighted by Gasteiger charge is 2.34. The van der Waals surface area contributed by atoms with Crippen LogP contribution in [0.2, 0.25) is 0 Å². The molecule has 2 aromatic rings. The number of ether oxygens (including phenoxy) is 1. The largest absolute Gasteiger partial charge is 0.481 e. The predicted molar refractivity (Wildman–Crippen MR) is 133 cm³/mol. The lowest BCUT2D eigenvalue weighted by atomic mass is 9.98. The lowest BCUT2D eigenvalue weighted by Crippen LogP contribution is -2.39. The van der Waals surface area contributed by atoms with E-state index in [1.807, 2.05) is 31.2 Å². The third-order valence-electron chi connectivity index (χ3n) is 7.01. The summed E-state index contributed by atoms with van der Waals surface area (Å²) in [7, 11) is 0. The van der Waals surface area contributed by atoms with E-state index in [0.29, 0.717) is 18.9 Å². The van der Waals surface area contributed by atoms with Gasteiger partial charge in [-0.3, -0.25) is 9.59 Å². The molecule has 0 bridgehead atoms. The summed E-state index contributed by atoms with van der Waals surface area (Å²) in [6.07, 6.45) is 3.22. The lowest BCUT2D eigenvalue weighted by molar-refractivity contribution is -0.137. The fraction of sp³-hybridized carbons (Fsp3) is 0.464. The minimum absolute atomic E-state index is 0.00268. The first-order chi connectivity index (χ1) is 17.0. The monoisotopic (exact) mass is 478 g/mol. The van der Waals surface area contributed by atoms with Crippen molar-refractivity contribution in [2.75, 3.05) is 13.2 Å². The summed E-state index contributed by atoms with van der Waals surface area (Å²) in [5.74, 6) is -0.653. The molecule has 0 heterocycles. The van der Waals surface area contributed by atoms with Crippen LogP contribution in [0, 0.1) is 11.8 Å². The van der Waals surface area contributed by atoms with Gasteiger partial charge in [-0.2, -0.15) is 0 Å². The molecule has 35 heavy (non-hydrogen) atoms. The molecule has 1 saturated carbocycles. The van der Waals surface area contributed by atoms with Crippen LogP contribution in [0.5, 0.6) is 0 Å². The van der Waals surface area contributed by atoms with Crippen molar-refractivity contribution in [1.29, 1.82) is 0 Å². The van der Waals surface area contributed by atoms with Gasteiger partial charge in [0.15, 0.2) is 0 Å². The van der Waals surface area contributed by atoms with E-state index in [4.69, 9.17) is 9.84 Å². The lowest BCUT2D eigenvalue weighted by Gasteiger charge is -2.20. The average molecular weight is 479 g/mol. The van der Waals surface area contributed by atoms with Crippen molar-refractivity contribution < 1.29 is 24.2 Å². The number of carboxylic acids is 1. The van der Waals surface area contributed by atoms with E-state index in [0.717, 1.165) is 30.4 Å². The standard InChI is InChI=1S/C28H34N2O5/c1-2-7-20(15-27(32)33)30-26(31)14-19(18-12-13-18)16-29-28(34)35-17-25-23-10-5-3-8-21(23)22-9-4-6-11-24(22)25/h3-6,8-11,18-20,25H,2,7,12-17H2,1H3,(H,29,34)(H,30,31)(H,32,33)/t19?,20-/m0/s1. The molecule has 2 aliphatic carbocycles. The Morgan fingerprint density at radius 3 is 2.20 bits per heavy atom. The average Bonchev–Trinajstić information content (AvgIpc) is 3.63. The van der Waals surface area contributed by atoms with Crippen molar-refractivity contribution in [3.05, 3.63) is 59.7 Å². The first kappa shape index (κ1) is 24.8. The molecule has 186 valence electrons. The number of benzene rings is 2. The number of carboxylic acid groups (broad SMARTS) is 1. The molecule has 4 rings (SSSR count). The Morgan fingerprint density at radius 1 is 1.00 bits per heavy atom. The summed E-state index contributed by atoms with van der Waals surface area (Å²) in [5.41, 5.74) is 4.69. The van der Waals surface area contributed by atoms with Crippen molar-refractivity contribution in [3.8, 4) is 11.1 Å². The topological polar surface area (TPSA) is 105 Å². The van der Waals surface area contributed by atoms with Crippen molar-refractivity contribution in [2.45, 2.75) is 57.4 Å². The Bertz CT molecular complexity index is 1020. The molecule has 3 N–H and O–H groups in total. The highest BCUT2D eigenvalue weighted by atomic mass is 16.5. The number of hydrogen-bond donors (Lipinski definition) is 3. The summed E-state index contributed by atoms with van der Waals surface area (Å²) >= 11 is 0. The number of nitrogens with one attached hydrogen (secondary N) is 2. The maximum atomic E-state index is 12.6. The van der Waals surface area contributed by atoms with E-state index in [-0.39, 0.29) is 43.2 Å². The summed E-state index contributed by atoms with van der Waals surface area (Å²) in [6, 6.07) is 16.0. The molecule has 0 saturated heterocycles. The Hall–Kier alpha value is -3.35. The minimum atomic E-state index is -0.917. The van der Waals surface area contributed by atoms with Crippen molar-refractivity contribution >= 4 is 18.0 Å². The molecule has 1 unspecified atom stereocenters. The first-order valence-corrected chi connectivity index (χ1v) is 12.6. The quantitative estimate of drug-likeness (QED) is 0.410. The molecule has 0 spiro atoms. The predicted octanol–water partition coefficient (Wildman–Crippen LogP) is 4.70. The first-order valence-electron chi connectivity index (χ1n) is 12.6. The van der Waals surface area contributed by atoms with Gasteiger partial charge in [-0.15, -0.1) is 0 Å². The number of carbonyl (C=O) groups is 3. The van der Waals surface area contributed by atoms with E-state index < -0.39 is 12.1 Å². The molecule has 2 aliphatic rings. The van der Waals surface area contributed by atoms with Crippen LogP contribution >= 0.6 is 0 Å². The van der Waals surface area contributed by atoms with Gasteiger partial charge in [-0.05, 0) is 53.4 Å². The van der Waals surface area contributed by atoms with Crippen LogP contribution in [0.15, 0.2) is 48.5 Å². The van der Waals surface area contributed by atoms with E-state index in [9.17, 15) is 14.4 Å². The van der Waals surface area contributed by atoms with Gasteiger partial charge in [0, 0.05) is 24.9 Å². The molecule has 0 aliphatic heterocycles. The molecular weight excluding hydrogens is 444 g/mol. The molecule has 7 nitrogen and oxygen atoms in total. The molecule has 0 aromatic heterocycles. The normalized spacial score (nSPS) is 16.0. The highest BCUT2D eigenvalue weighted by molar-refractivity contribution is 5.79. The third-order valence-corrected chi connectivity index (χ3v) is 7.01. The van der Waals surface area contributed by atoms with Crippen LogP contribution < -0.4 is 10.6 Å². The maximum absolute atomic E-state index is 12.6. The zero-order valence-corrected chi connectivity index (χ0v) is 20.2. The number of rotatable bonds is 12. The van der Waals surface area contributed by atoms with Gasteiger partial charge in [0.1, 0.15) is 6.61 Å². The second-order valence-corrected chi connectivity index (χ2v) is 9.66. The van der Waals surface area contributed by atoms with E-state index in [1.165, 1.54) is 11.1 Å². The number of amides is 2. The van der Waals surface area contributed by atoms with Gasteiger partial charge in [-0.1, -0.05) is 61.9 Å². The zero-order chi connectivity index (χ0) is 24.8. The van der Waals surface area contributed by atoms with Crippen molar-refractivity contribution in [2.24, 2.45) is 11.8 Å². The second-order valence-electron chi connectivity index (χ2n) is 9.66. The Balaban J connectivity index is 1.28. The Kier molecular flexibility index (Phi) is 8.06. The molecule has 2 atom stereocenters. The molecular formula is C28H34N2O5. The fourth-order valence-corrected chi connectivity index (χ4v) is 5.15. The van der Waals surface area contributed by atoms with Crippen molar-refractivity contribution in [3.63, 3.8) is 0 Å². The van der Waals surface area contributed by atoms with Crippen molar-refractivity contribution in [1.82, 2.24) is 10.6 Å². The van der Waals surface area contributed by atoms with Crippen LogP contribution in [0.3, 0.4) is 0 Å².